The molecule has 4 rings (SSSR count). The maximum atomic E-state index is 13.2. The summed E-state index contributed by atoms with van der Waals surface area (Å²) in [5, 5.41) is 13.8. The van der Waals surface area contributed by atoms with Gasteiger partial charge in [-0.15, -0.1) is 0 Å². The standard InChI is InChI=1S/C24H28ClN3O5/c25-18-5-3-16(4-6-18)11-27-23(30)10-20-7-8-21-22(33-20)15-32-14-19(29)13-28(21)24(31)17-2-1-9-26-12-17/h1-6,9,12,19-22,29H,7-8,10-11,13-15H2,(H,27,30)/t19-,20+,21-,22+/m1/s1. The van der Waals surface area contributed by atoms with Crippen LogP contribution in [0.15, 0.2) is 48.8 Å². The Kier molecular flexibility index (Phi) is 7.93. The fourth-order valence-electron chi connectivity index (χ4n) is 4.31. The molecule has 4 atom stereocenters. The maximum Gasteiger partial charge on any atom is 0.255 e. The molecular weight excluding hydrogens is 446 g/mol. The first-order chi connectivity index (χ1) is 16.0. The fraction of sp³-hybridized carbons (Fsp3) is 0.458. The minimum atomic E-state index is -0.775. The number of halogens is 1. The number of pyridine rings is 1. The Balaban J connectivity index is 1.37. The van der Waals surface area contributed by atoms with E-state index >= 15 is 0 Å². The zero-order valence-corrected chi connectivity index (χ0v) is 19.0. The average molecular weight is 474 g/mol. The molecule has 2 aromatic rings. The van der Waals surface area contributed by atoms with Gasteiger partial charge in [-0.2, -0.15) is 0 Å². The Morgan fingerprint density at radius 1 is 1.18 bits per heavy atom. The molecule has 2 saturated heterocycles. The molecule has 2 N–H and O–H groups in total. The monoisotopic (exact) mass is 473 g/mol. The van der Waals surface area contributed by atoms with Gasteiger partial charge in [-0.05, 0) is 42.7 Å². The van der Waals surface area contributed by atoms with E-state index in [9.17, 15) is 14.7 Å². The Morgan fingerprint density at radius 2 is 2.00 bits per heavy atom. The van der Waals surface area contributed by atoms with E-state index in [2.05, 4.69) is 10.3 Å². The first-order valence-corrected chi connectivity index (χ1v) is 11.5. The minimum absolute atomic E-state index is 0.0983. The summed E-state index contributed by atoms with van der Waals surface area (Å²) in [5.74, 6) is -0.291. The summed E-state index contributed by atoms with van der Waals surface area (Å²) in [5.41, 5.74) is 1.43. The Labute approximate surface area is 197 Å². The summed E-state index contributed by atoms with van der Waals surface area (Å²) in [6.07, 6.45) is 3.24. The van der Waals surface area contributed by atoms with E-state index in [1.165, 1.54) is 6.20 Å². The number of aliphatic hydroxyl groups is 1. The van der Waals surface area contributed by atoms with Crippen LogP contribution in [0.25, 0.3) is 0 Å². The van der Waals surface area contributed by atoms with Crippen molar-refractivity contribution in [3.63, 3.8) is 0 Å². The van der Waals surface area contributed by atoms with E-state index in [0.717, 1.165) is 5.56 Å². The topological polar surface area (TPSA) is 101 Å². The van der Waals surface area contributed by atoms with E-state index < -0.39 is 6.10 Å². The highest BCUT2D eigenvalue weighted by Crippen LogP contribution is 2.28. The SMILES string of the molecule is O=C(C[C@@H]1CC[C@@H]2[C@H](COC[C@H](O)CN2C(=O)c2cccnc2)O1)NCc1ccc(Cl)cc1. The number of aromatic nitrogens is 1. The lowest BCUT2D eigenvalue weighted by atomic mass is 9.94. The van der Waals surface area contributed by atoms with Gasteiger partial charge in [0, 0.05) is 30.5 Å². The molecule has 33 heavy (non-hydrogen) atoms. The molecule has 0 radical (unpaired) electrons. The smallest absolute Gasteiger partial charge is 0.255 e. The number of ether oxygens (including phenoxy) is 2. The number of nitrogens with one attached hydrogen (secondary N) is 1. The third-order valence-corrected chi connectivity index (χ3v) is 6.22. The molecule has 2 amide bonds. The summed E-state index contributed by atoms with van der Waals surface area (Å²) >= 11 is 5.90. The highest BCUT2D eigenvalue weighted by Gasteiger charge is 2.40. The molecule has 2 aliphatic heterocycles. The number of aliphatic hydroxyl groups excluding tert-OH is 1. The van der Waals surface area contributed by atoms with Crippen molar-refractivity contribution in [1.29, 1.82) is 0 Å². The molecule has 9 heteroatoms. The van der Waals surface area contributed by atoms with Crippen LogP contribution in [0.3, 0.4) is 0 Å². The van der Waals surface area contributed by atoms with Crippen LogP contribution in [0.2, 0.25) is 5.02 Å². The average Bonchev–Trinajstić information content (AvgIpc) is 2.82. The number of hydrogen-bond donors (Lipinski definition) is 2. The van der Waals surface area contributed by atoms with Gasteiger partial charge in [-0.1, -0.05) is 23.7 Å². The summed E-state index contributed by atoms with van der Waals surface area (Å²) in [6, 6.07) is 10.5. The molecule has 1 aromatic carbocycles. The number of carbonyl (C=O) groups excluding carboxylic acids is 2. The van der Waals surface area contributed by atoms with Crippen molar-refractivity contribution in [2.75, 3.05) is 19.8 Å². The lowest BCUT2D eigenvalue weighted by molar-refractivity contribution is -0.151. The van der Waals surface area contributed by atoms with Crippen LogP contribution in [-0.2, 0) is 20.8 Å². The Bertz CT molecular complexity index is 943. The number of fused-ring (bicyclic) bond motifs is 1. The molecule has 2 aliphatic rings. The third kappa shape index (κ3) is 6.29. The Hall–Kier alpha value is -2.52. The van der Waals surface area contributed by atoms with Crippen molar-refractivity contribution < 1.29 is 24.2 Å². The molecule has 0 spiro atoms. The quantitative estimate of drug-likeness (QED) is 0.690. The second-order valence-electron chi connectivity index (χ2n) is 8.44. The number of rotatable bonds is 5. The number of carbonyl (C=O) groups is 2. The summed E-state index contributed by atoms with van der Waals surface area (Å²) in [7, 11) is 0. The van der Waals surface area contributed by atoms with Crippen LogP contribution in [-0.4, -0.2) is 70.9 Å². The number of β-amino-alcohol motifs (C(OH)–C–C–N with tert-alkyl or cyclic N) is 1. The van der Waals surface area contributed by atoms with E-state index in [4.69, 9.17) is 21.1 Å². The van der Waals surface area contributed by atoms with Gasteiger partial charge in [0.2, 0.25) is 5.91 Å². The lowest BCUT2D eigenvalue weighted by Crippen LogP contribution is -2.57. The van der Waals surface area contributed by atoms with Crippen molar-refractivity contribution in [2.24, 2.45) is 0 Å². The van der Waals surface area contributed by atoms with Gasteiger partial charge in [-0.3, -0.25) is 14.6 Å². The van der Waals surface area contributed by atoms with Crippen molar-refractivity contribution >= 4 is 23.4 Å². The van der Waals surface area contributed by atoms with E-state index in [1.54, 1.807) is 35.4 Å². The van der Waals surface area contributed by atoms with Crippen LogP contribution in [0.5, 0.6) is 0 Å². The molecule has 0 aliphatic carbocycles. The fourth-order valence-corrected chi connectivity index (χ4v) is 4.44. The number of amides is 2. The molecule has 0 saturated carbocycles. The highest BCUT2D eigenvalue weighted by molar-refractivity contribution is 6.30. The first-order valence-electron chi connectivity index (χ1n) is 11.1. The van der Waals surface area contributed by atoms with Crippen molar-refractivity contribution in [3.05, 3.63) is 64.9 Å². The maximum absolute atomic E-state index is 13.2. The van der Waals surface area contributed by atoms with Gasteiger partial charge in [0.15, 0.2) is 0 Å². The lowest BCUT2D eigenvalue weighted by Gasteiger charge is -2.44. The van der Waals surface area contributed by atoms with Crippen molar-refractivity contribution in [3.8, 4) is 0 Å². The highest BCUT2D eigenvalue weighted by atomic mass is 35.5. The predicted molar refractivity (Wildman–Crippen MR) is 122 cm³/mol. The minimum Gasteiger partial charge on any atom is -0.389 e. The van der Waals surface area contributed by atoms with Crippen LogP contribution >= 0.6 is 11.6 Å². The number of nitrogens with zero attached hydrogens (tertiary/aromatic N) is 2. The molecule has 0 unspecified atom stereocenters. The first kappa shape index (κ1) is 23.6. The third-order valence-electron chi connectivity index (χ3n) is 5.97. The van der Waals surface area contributed by atoms with Gasteiger partial charge in [0.1, 0.15) is 6.10 Å². The Morgan fingerprint density at radius 3 is 2.76 bits per heavy atom. The summed E-state index contributed by atoms with van der Waals surface area (Å²) < 4.78 is 11.8. The zero-order valence-electron chi connectivity index (χ0n) is 18.2. The molecule has 8 nitrogen and oxygen atoms in total. The van der Waals surface area contributed by atoms with Crippen LogP contribution < -0.4 is 5.32 Å². The summed E-state index contributed by atoms with van der Waals surface area (Å²) in [4.78, 5) is 31.4. The number of benzene rings is 1. The largest absolute Gasteiger partial charge is 0.389 e. The van der Waals surface area contributed by atoms with Gasteiger partial charge < -0.3 is 24.8 Å². The predicted octanol–water partition coefficient (Wildman–Crippen LogP) is 2.19. The van der Waals surface area contributed by atoms with Crippen molar-refractivity contribution in [2.45, 2.75) is 50.2 Å². The molecule has 0 bridgehead atoms. The second kappa shape index (κ2) is 11.1. The second-order valence-corrected chi connectivity index (χ2v) is 8.88. The molecule has 2 fully saturated rings. The van der Waals surface area contributed by atoms with E-state index in [-0.39, 0.29) is 56.2 Å². The normalized spacial score (nSPS) is 25.5. The zero-order chi connectivity index (χ0) is 23.2. The van der Waals surface area contributed by atoms with Crippen LogP contribution in [0.1, 0.15) is 35.2 Å². The van der Waals surface area contributed by atoms with Crippen LogP contribution in [0.4, 0.5) is 0 Å². The number of hydrogen-bond acceptors (Lipinski definition) is 6. The molecule has 3 heterocycles. The van der Waals surface area contributed by atoms with Gasteiger partial charge >= 0.3 is 0 Å². The van der Waals surface area contributed by atoms with E-state index in [1.807, 2.05) is 12.1 Å². The summed E-state index contributed by atoms with van der Waals surface area (Å²) in [6.45, 7) is 0.949. The van der Waals surface area contributed by atoms with Crippen molar-refractivity contribution in [1.82, 2.24) is 15.2 Å². The molecular formula is C24H28ClN3O5. The molecule has 1 aromatic heterocycles. The van der Waals surface area contributed by atoms with E-state index in [0.29, 0.717) is 30.0 Å². The van der Waals surface area contributed by atoms with Gasteiger partial charge in [0.05, 0.1) is 43.4 Å². The van der Waals surface area contributed by atoms with Crippen LogP contribution in [0, 0.1) is 0 Å². The molecule has 176 valence electrons. The van der Waals surface area contributed by atoms with Gasteiger partial charge in [-0.25, -0.2) is 0 Å². The van der Waals surface area contributed by atoms with Gasteiger partial charge in [0.25, 0.3) is 5.91 Å².